The monoisotopic (exact) mass is 367 g/mol. The van der Waals surface area contributed by atoms with E-state index in [1.54, 1.807) is 12.1 Å². The molecule has 21 heavy (non-hydrogen) atoms. The number of nitrogens with one attached hydrogen (secondary N) is 1. The third-order valence-electron chi connectivity index (χ3n) is 2.87. The van der Waals surface area contributed by atoms with Crippen molar-refractivity contribution < 1.29 is 13.2 Å². The highest BCUT2D eigenvalue weighted by atomic mass is 79.9. The van der Waals surface area contributed by atoms with Crippen molar-refractivity contribution in [3.63, 3.8) is 0 Å². The van der Waals surface area contributed by atoms with Gasteiger partial charge in [-0.2, -0.15) is 0 Å². The van der Waals surface area contributed by atoms with Gasteiger partial charge in [-0.3, -0.25) is 9.52 Å². The van der Waals surface area contributed by atoms with Gasteiger partial charge in [0.15, 0.2) is 5.78 Å². The van der Waals surface area contributed by atoms with E-state index < -0.39 is 10.0 Å². The Morgan fingerprint density at radius 2 is 1.71 bits per heavy atom. The number of Topliss-reactive ketones (excluding diaryl/α,β-unsaturated/α-hetero) is 1. The quantitative estimate of drug-likeness (QED) is 0.836. The maximum atomic E-state index is 12.3. The lowest BCUT2D eigenvalue weighted by molar-refractivity contribution is 0.101. The van der Waals surface area contributed by atoms with Crippen LogP contribution >= 0.6 is 15.9 Å². The van der Waals surface area contributed by atoms with E-state index >= 15 is 0 Å². The molecule has 0 fully saturated rings. The van der Waals surface area contributed by atoms with Gasteiger partial charge < -0.3 is 0 Å². The van der Waals surface area contributed by atoms with Crippen LogP contribution in [-0.2, 0) is 10.0 Å². The summed E-state index contributed by atoms with van der Waals surface area (Å²) in [6.07, 6.45) is 0. The van der Waals surface area contributed by atoms with Gasteiger partial charge in [0.1, 0.15) is 0 Å². The maximum absolute atomic E-state index is 12.3. The molecule has 6 heteroatoms. The Bertz CT molecular complexity index is 763. The molecule has 0 aliphatic heterocycles. The Morgan fingerprint density at radius 3 is 2.24 bits per heavy atom. The molecule has 0 spiro atoms. The third kappa shape index (κ3) is 3.92. The second-order valence-corrected chi connectivity index (χ2v) is 7.30. The molecule has 110 valence electrons. The normalized spacial score (nSPS) is 11.2. The van der Waals surface area contributed by atoms with E-state index in [2.05, 4.69) is 20.7 Å². The van der Waals surface area contributed by atoms with Crippen LogP contribution in [0.5, 0.6) is 0 Å². The molecule has 0 aliphatic carbocycles. The van der Waals surface area contributed by atoms with Crippen LogP contribution in [0.4, 0.5) is 5.69 Å². The number of sulfonamides is 1. The molecule has 0 aliphatic rings. The van der Waals surface area contributed by atoms with Crippen LogP contribution in [0.2, 0.25) is 0 Å². The number of anilines is 1. The average molecular weight is 368 g/mol. The first-order valence-corrected chi connectivity index (χ1v) is 8.46. The number of hydrogen-bond donors (Lipinski definition) is 1. The second kappa shape index (κ2) is 5.99. The molecule has 0 aromatic heterocycles. The number of carbonyl (C=O) groups is 1. The SMILES string of the molecule is CC(=O)c1ccc(S(=O)(=O)Nc2cc(C)cc(Br)c2)cc1. The van der Waals surface area contributed by atoms with Crippen molar-refractivity contribution in [3.05, 3.63) is 58.1 Å². The van der Waals surface area contributed by atoms with E-state index in [0.717, 1.165) is 10.0 Å². The van der Waals surface area contributed by atoms with Gasteiger partial charge in [0.05, 0.1) is 10.6 Å². The zero-order valence-corrected chi connectivity index (χ0v) is 14.0. The first kappa shape index (κ1) is 15.7. The number of carbonyl (C=O) groups excluding carboxylic acids is 1. The van der Waals surface area contributed by atoms with Crippen molar-refractivity contribution in [2.24, 2.45) is 0 Å². The van der Waals surface area contributed by atoms with Crippen molar-refractivity contribution in [2.45, 2.75) is 18.7 Å². The predicted octanol–water partition coefficient (Wildman–Crippen LogP) is 3.76. The fourth-order valence-corrected chi connectivity index (χ4v) is 3.53. The van der Waals surface area contributed by atoms with Gasteiger partial charge in [-0.05, 0) is 49.7 Å². The Labute approximate surface area is 132 Å². The number of halogens is 1. The molecule has 0 saturated heterocycles. The zero-order valence-electron chi connectivity index (χ0n) is 11.6. The third-order valence-corrected chi connectivity index (χ3v) is 4.72. The predicted molar refractivity (Wildman–Crippen MR) is 86.1 cm³/mol. The molecule has 0 bridgehead atoms. The summed E-state index contributed by atoms with van der Waals surface area (Å²) < 4.78 is 27.9. The van der Waals surface area contributed by atoms with Gasteiger partial charge in [-0.25, -0.2) is 8.42 Å². The first-order valence-electron chi connectivity index (χ1n) is 6.19. The van der Waals surface area contributed by atoms with Crippen LogP contribution in [0.15, 0.2) is 51.8 Å². The largest absolute Gasteiger partial charge is 0.295 e. The number of aryl methyl sites for hydroxylation is 1. The fourth-order valence-electron chi connectivity index (χ4n) is 1.88. The van der Waals surface area contributed by atoms with E-state index in [9.17, 15) is 13.2 Å². The number of hydrogen-bond acceptors (Lipinski definition) is 3. The van der Waals surface area contributed by atoms with Gasteiger partial charge >= 0.3 is 0 Å². The summed E-state index contributed by atoms with van der Waals surface area (Å²) in [5, 5.41) is 0. The van der Waals surface area contributed by atoms with Gasteiger partial charge in [-0.15, -0.1) is 0 Å². The molecule has 0 amide bonds. The minimum absolute atomic E-state index is 0.102. The lowest BCUT2D eigenvalue weighted by Crippen LogP contribution is -2.13. The molecular weight excluding hydrogens is 354 g/mol. The number of benzene rings is 2. The summed E-state index contributed by atoms with van der Waals surface area (Å²) in [4.78, 5) is 11.3. The minimum atomic E-state index is -3.67. The minimum Gasteiger partial charge on any atom is -0.295 e. The summed E-state index contributed by atoms with van der Waals surface area (Å²) >= 11 is 3.33. The lowest BCUT2D eigenvalue weighted by Gasteiger charge is -2.09. The van der Waals surface area contributed by atoms with Crippen LogP contribution in [0.25, 0.3) is 0 Å². The Balaban J connectivity index is 2.31. The molecule has 4 nitrogen and oxygen atoms in total. The molecule has 2 rings (SSSR count). The summed E-state index contributed by atoms with van der Waals surface area (Å²) in [7, 11) is -3.67. The van der Waals surface area contributed by atoms with Gasteiger partial charge in [0, 0.05) is 10.0 Å². The van der Waals surface area contributed by atoms with Crippen LogP contribution in [-0.4, -0.2) is 14.2 Å². The summed E-state index contributed by atoms with van der Waals surface area (Å²) in [6, 6.07) is 11.2. The summed E-state index contributed by atoms with van der Waals surface area (Å²) in [5.74, 6) is -0.102. The van der Waals surface area contributed by atoms with Crippen molar-refractivity contribution >= 4 is 37.4 Å². The standard InChI is InChI=1S/C15H14BrNO3S/c1-10-7-13(16)9-14(8-10)17-21(19,20)15-5-3-12(4-6-15)11(2)18/h3-9,17H,1-2H3. The summed E-state index contributed by atoms with van der Waals surface area (Å²) in [6.45, 7) is 3.32. The fraction of sp³-hybridized carbons (Fsp3) is 0.133. The van der Waals surface area contributed by atoms with Crippen molar-refractivity contribution in [2.75, 3.05) is 4.72 Å². The lowest BCUT2D eigenvalue weighted by atomic mass is 10.2. The second-order valence-electron chi connectivity index (χ2n) is 4.70. The molecule has 2 aromatic rings. The number of rotatable bonds is 4. The average Bonchev–Trinajstić information content (AvgIpc) is 2.37. The molecule has 2 aromatic carbocycles. The zero-order chi connectivity index (χ0) is 15.6. The van der Waals surface area contributed by atoms with Crippen LogP contribution in [0.1, 0.15) is 22.8 Å². The highest BCUT2D eigenvalue weighted by molar-refractivity contribution is 9.10. The van der Waals surface area contributed by atoms with Crippen molar-refractivity contribution in [1.82, 2.24) is 0 Å². The van der Waals surface area contributed by atoms with Gasteiger partial charge in [0.25, 0.3) is 10.0 Å². The molecule has 0 atom stereocenters. The Kier molecular flexibility index (Phi) is 4.49. The molecular formula is C15H14BrNO3S. The number of ketones is 1. The molecule has 0 unspecified atom stereocenters. The Morgan fingerprint density at radius 1 is 1.10 bits per heavy atom. The first-order chi connectivity index (χ1) is 9.78. The van der Waals surface area contributed by atoms with Crippen LogP contribution in [0, 0.1) is 6.92 Å². The van der Waals surface area contributed by atoms with Crippen LogP contribution in [0.3, 0.4) is 0 Å². The smallest absolute Gasteiger partial charge is 0.261 e. The highest BCUT2D eigenvalue weighted by Crippen LogP contribution is 2.22. The van der Waals surface area contributed by atoms with E-state index in [0.29, 0.717) is 11.3 Å². The van der Waals surface area contributed by atoms with E-state index in [1.165, 1.54) is 31.2 Å². The summed E-state index contributed by atoms with van der Waals surface area (Å²) in [5.41, 5.74) is 1.90. The molecule has 0 saturated carbocycles. The van der Waals surface area contributed by atoms with E-state index in [1.807, 2.05) is 13.0 Å². The maximum Gasteiger partial charge on any atom is 0.261 e. The molecule has 0 radical (unpaired) electrons. The Hall–Kier alpha value is -1.66. The van der Waals surface area contributed by atoms with E-state index in [-0.39, 0.29) is 10.7 Å². The molecule has 0 heterocycles. The topological polar surface area (TPSA) is 63.2 Å². The highest BCUT2D eigenvalue weighted by Gasteiger charge is 2.15. The van der Waals surface area contributed by atoms with Crippen molar-refractivity contribution in [1.29, 1.82) is 0 Å². The van der Waals surface area contributed by atoms with Gasteiger partial charge in [-0.1, -0.05) is 28.1 Å². The van der Waals surface area contributed by atoms with Crippen LogP contribution < -0.4 is 4.72 Å². The van der Waals surface area contributed by atoms with Crippen molar-refractivity contribution in [3.8, 4) is 0 Å². The van der Waals surface area contributed by atoms with E-state index in [4.69, 9.17) is 0 Å². The van der Waals surface area contributed by atoms with Gasteiger partial charge in [0.2, 0.25) is 0 Å². The molecule has 1 N–H and O–H groups in total.